The fourth-order valence-corrected chi connectivity index (χ4v) is 2.81. The molecule has 0 bridgehead atoms. The van der Waals surface area contributed by atoms with Crippen molar-refractivity contribution < 1.29 is 14.3 Å². The molecule has 2 unspecified atom stereocenters. The van der Waals surface area contributed by atoms with Crippen LogP contribution in [-0.4, -0.2) is 52.8 Å². The molecule has 1 aromatic rings. The SMILES string of the molecule is CN1CC(C(=O)Nc2cnn(CC3CCCO3)c2)CC1=O. The topological polar surface area (TPSA) is 76.5 Å². The highest BCUT2D eigenvalue weighted by Gasteiger charge is 2.32. The van der Waals surface area contributed by atoms with Crippen LogP contribution in [0.5, 0.6) is 0 Å². The highest BCUT2D eigenvalue weighted by atomic mass is 16.5. The largest absolute Gasteiger partial charge is 0.376 e. The third kappa shape index (κ3) is 3.24. The molecule has 0 spiro atoms. The number of nitrogens with zero attached hydrogens (tertiary/aromatic N) is 3. The Morgan fingerprint density at radius 1 is 1.57 bits per heavy atom. The summed E-state index contributed by atoms with van der Waals surface area (Å²) >= 11 is 0. The van der Waals surface area contributed by atoms with Crippen molar-refractivity contribution in [2.45, 2.75) is 31.9 Å². The second-order valence-corrected chi connectivity index (χ2v) is 5.75. The van der Waals surface area contributed by atoms with Crippen molar-refractivity contribution in [3.8, 4) is 0 Å². The Bertz CT molecular complexity index is 536. The molecule has 0 aromatic carbocycles. The van der Waals surface area contributed by atoms with E-state index in [1.165, 1.54) is 0 Å². The number of hydrogen-bond acceptors (Lipinski definition) is 4. The number of ether oxygens (including phenoxy) is 1. The average molecular weight is 292 g/mol. The maximum absolute atomic E-state index is 12.1. The number of carbonyl (C=O) groups excluding carboxylic acids is 2. The van der Waals surface area contributed by atoms with Gasteiger partial charge in [0.15, 0.2) is 0 Å². The van der Waals surface area contributed by atoms with Crippen molar-refractivity contribution in [3.05, 3.63) is 12.4 Å². The Hall–Kier alpha value is -1.89. The lowest BCUT2D eigenvalue weighted by atomic mass is 10.1. The molecule has 2 aliphatic rings. The van der Waals surface area contributed by atoms with Crippen LogP contribution >= 0.6 is 0 Å². The van der Waals surface area contributed by atoms with Gasteiger partial charge in [0.25, 0.3) is 0 Å². The molecule has 3 rings (SSSR count). The predicted octanol–water partition coefficient (Wildman–Crippen LogP) is 0.479. The minimum absolute atomic E-state index is 0.0178. The normalized spacial score (nSPS) is 25.6. The summed E-state index contributed by atoms with van der Waals surface area (Å²) in [4.78, 5) is 25.2. The van der Waals surface area contributed by atoms with Gasteiger partial charge >= 0.3 is 0 Å². The van der Waals surface area contributed by atoms with Crippen LogP contribution in [0.2, 0.25) is 0 Å². The number of hydrogen-bond donors (Lipinski definition) is 1. The molecule has 7 heteroatoms. The van der Waals surface area contributed by atoms with Gasteiger partial charge in [0.1, 0.15) is 0 Å². The van der Waals surface area contributed by atoms with E-state index in [-0.39, 0.29) is 30.3 Å². The van der Waals surface area contributed by atoms with E-state index in [4.69, 9.17) is 4.74 Å². The highest BCUT2D eigenvalue weighted by molar-refractivity contribution is 5.96. The van der Waals surface area contributed by atoms with Gasteiger partial charge in [-0.2, -0.15) is 5.10 Å². The molecule has 0 saturated carbocycles. The Morgan fingerprint density at radius 2 is 2.43 bits per heavy atom. The summed E-state index contributed by atoms with van der Waals surface area (Å²) in [5, 5.41) is 7.06. The van der Waals surface area contributed by atoms with Crippen molar-refractivity contribution in [1.82, 2.24) is 14.7 Å². The van der Waals surface area contributed by atoms with E-state index in [2.05, 4.69) is 10.4 Å². The number of likely N-dealkylation sites (tertiary alicyclic amines) is 1. The van der Waals surface area contributed by atoms with Crippen LogP contribution in [-0.2, 0) is 20.9 Å². The van der Waals surface area contributed by atoms with Gasteiger partial charge in [-0.3, -0.25) is 14.3 Å². The summed E-state index contributed by atoms with van der Waals surface area (Å²) in [7, 11) is 1.72. The van der Waals surface area contributed by atoms with Gasteiger partial charge in [0.2, 0.25) is 11.8 Å². The Morgan fingerprint density at radius 3 is 3.10 bits per heavy atom. The van der Waals surface area contributed by atoms with E-state index in [1.807, 2.05) is 0 Å². The number of anilines is 1. The standard InChI is InChI=1S/C14H20N4O3/c1-17-7-10(5-13(17)19)14(20)16-11-6-15-18(8-11)9-12-3-2-4-21-12/h6,8,10,12H,2-5,7,9H2,1H3,(H,16,20). The number of nitrogens with one attached hydrogen (secondary N) is 1. The summed E-state index contributed by atoms with van der Waals surface area (Å²) < 4.78 is 7.35. The van der Waals surface area contributed by atoms with Gasteiger partial charge < -0.3 is 15.0 Å². The van der Waals surface area contributed by atoms with Gasteiger partial charge in [-0.25, -0.2) is 0 Å². The van der Waals surface area contributed by atoms with E-state index in [1.54, 1.807) is 29.0 Å². The van der Waals surface area contributed by atoms with Crippen LogP contribution in [0.15, 0.2) is 12.4 Å². The molecule has 3 heterocycles. The maximum atomic E-state index is 12.1. The van der Waals surface area contributed by atoms with Gasteiger partial charge in [0.05, 0.1) is 30.5 Å². The zero-order valence-corrected chi connectivity index (χ0v) is 12.1. The average Bonchev–Trinajstić information content (AvgIpc) is 3.15. The second-order valence-electron chi connectivity index (χ2n) is 5.75. The third-order valence-corrected chi connectivity index (χ3v) is 4.03. The van der Waals surface area contributed by atoms with E-state index >= 15 is 0 Å². The summed E-state index contributed by atoms with van der Waals surface area (Å²) in [6, 6.07) is 0. The summed E-state index contributed by atoms with van der Waals surface area (Å²) in [5.41, 5.74) is 0.667. The second kappa shape index (κ2) is 5.85. The number of amides is 2. The third-order valence-electron chi connectivity index (χ3n) is 4.03. The van der Waals surface area contributed by atoms with Crippen LogP contribution < -0.4 is 5.32 Å². The monoisotopic (exact) mass is 292 g/mol. The smallest absolute Gasteiger partial charge is 0.229 e. The molecule has 21 heavy (non-hydrogen) atoms. The first-order valence-electron chi connectivity index (χ1n) is 7.30. The summed E-state index contributed by atoms with van der Waals surface area (Å²) in [5.74, 6) is -0.377. The number of carbonyl (C=O) groups is 2. The maximum Gasteiger partial charge on any atom is 0.229 e. The first-order chi connectivity index (χ1) is 10.1. The van der Waals surface area contributed by atoms with Crippen LogP contribution in [0, 0.1) is 5.92 Å². The Labute approximate surface area is 123 Å². The molecule has 2 amide bonds. The highest BCUT2D eigenvalue weighted by Crippen LogP contribution is 2.19. The Kier molecular flexibility index (Phi) is 3.92. The van der Waals surface area contributed by atoms with Crippen molar-refractivity contribution in [3.63, 3.8) is 0 Å². The van der Waals surface area contributed by atoms with Crippen LogP contribution in [0.3, 0.4) is 0 Å². The van der Waals surface area contributed by atoms with Crippen molar-refractivity contribution in [1.29, 1.82) is 0 Å². The van der Waals surface area contributed by atoms with Crippen molar-refractivity contribution in [2.75, 3.05) is 25.5 Å². The molecule has 114 valence electrons. The molecule has 2 aliphatic heterocycles. The number of rotatable bonds is 4. The lowest BCUT2D eigenvalue weighted by Gasteiger charge is -2.10. The minimum Gasteiger partial charge on any atom is -0.376 e. The van der Waals surface area contributed by atoms with E-state index in [0.717, 1.165) is 19.4 Å². The minimum atomic E-state index is -0.274. The molecular formula is C14H20N4O3. The molecule has 1 N–H and O–H groups in total. The molecule has 2 atom stereocenters. The number of aromatic nitrogens is 2. The van der Waals surface area contributed by atoms with Gasteiger partial charge in [-0.05, 0) is 12.8 Å². The molecular weight excluding hydrogens is 272 g/mol. The lowest BCUT2D eigenvalue weighted by molar-refractivity contribution is -0.127. The zero-order chi connectivity index (χ0) is 14.8. The summed E-state index contributed by atoms with van der Waals surface area (Å²) in [6.07, 6.45) is 6.09. The molecule has 0 aliphatic carbocycles. The molecule has 2 fully saturated rings. The van der Waals surface area contributed by atoms with E-state index < -0.39 is 0 Å². The summed E-state index contributed by atoms with van der Waals surface area (Å²) in [6.45, 7) is 2.01. The van der Waals surface area contributed by atoms with E-state index in [9.17, 15) is 9.59 Å². The van der Waals surface area contributed by atoms with Crippen LogP contribution in [0.1, 0.15) is 19.3 Å². The zero-order valence-electron chi connectivity index (χ0n) is 12.1. The van der Waals surface area contributed by atoms with Gasteiger partial charge in [-0.1, -0.05) is 0 Å². The fourth-order valence-electron chi connectivity index (χ4n) is 2.81. The molecule has 7 nitrogen and oxygen atoms in total. The first kappa shape index (κ1) is 14.1. The molecule has 2 saturated heterocycles. The lowest BCUT2D eigenvalue weighted by Crippen LogP contribution is -2.25. The molecule has 0 radical (unpaired) electrons. The van der Waals surface area contributed by atoms with Crippen LogP contribution in [0.4, 0.5) is 5.69 Å². The van der Waals surface area contributed by atoms with Gasteiger partial charge in [0, 0.05) is 32.8 Å². The van der Waals surface area contributed by atoms with Crippen molar-refractivity contribution >= 4 is 17.5 Å². The quantitative estimate of drug-likeness (QED) is 0.875. The van der Waals surface area contributed by atoms with Crippen LogP contribution in [0.25, 0.3) is 0 Å². The van der Waals surface area contributed by atoms with E-state index in [0.29, 0.717) is 18.8 Å². The van der Waals surface area contributed by atoms with Crippen molar-refractivity contribution in [2.24, 2.45) is 5.92 Å². The first-order valence-corrected chi connectivity index (χ1v) is 7.30. The fraction of sp³-hybridized carbons (Fsp3) is 0.643. The van der Waals surface area contributed by atoms with Gasteiger partial charge in [-0.15, -0.1) is 0 Å². The predicted molar refractivity (Wildman–Crippen MR) is 75.6 cm³/mol. The molecule has 1 aromatic heterocycles. The Balaban J connectivity index is 1.54.